The number of nitrogens with one attached hydrogen (secondary N) is 1. The lowest BCUT2D eigenvalue weighted by atomic mass is 10.1. The summed E-state index contributed by atoms with van der Waals surface area (Å²) >= 11 is 0. The van der Waals surface area contributed by atoms with Crippen LogP contribution < -0.4 is 15.6 Å². The Labute approximate surface area is 153 Å². The van der Waals surface area contributed by atoms with Gasteiger partial charge in [0.1, 0.15) is 24.0 Å². The largest absolute Gasteiger partial charge is 0.497 e. The zero-order valence-electron chi connectivity index (χ0n) is 14.9. The minimum absolute atomic E-state index is 0.137. The van der Waals surface area contributed by atoms with Gasteiger partial charge in [-0.05, 0) is 18.2 Å². The molecule has 0 fully saturated rings. The van der Waals surface area contributed by atoms with E-state index in [4.69, 9.17) is 9.47 Å². The van der Waals surface area contributed by atoms with E-state index < -0.39 is 11.9 Å². The van der Waals surface area contributed by atoms with Gasteiger partial charge in [0, 0.05) is 7.05 Å². The van der Waals surface area contributed by atoms with Gasteiger partial charge >= 0.3 is 5.97 Å². The second-order valence-corrected chi connectivity index (χ2v) is 5.63. The third-order valence-corrected chi connectivity index (χ3v) is 3.94. The first-order chi connectivity index (χ1) is 12.9. The van der Waals surface area contributed by atoms with E-state index in [9.17, 15) is 14.4 Å². The summed E-state index contributed by atoms with van der Waals surface area (Å²) in [6.45, 7) is -0.274. The molecule has 0 unspecified atom stereocenters. The van der Waals surface area contributed by atoms with Crippen LogP contribution in [0.25, 0.3) is 11.0 Å². The second kappa shape index (κ2) is 7.28. The lowest BCUT2D eigenvalue weighted by Gasteiger charge is -2.12. The fourth-order valence-corrected chi connectivity index (χ4v) is 2.56. The molecule has 1 N–H and O–H groups in total. The SMILES string of the molecule is COC(=O)c1cc(OC)ccc1NC(=O)Cn1cnc2c(cnn2C)c1=O. The maximum Gasteiger partial charge on any atom is 0.340 e. The van der Waals surface area contributed by atoms with Crippen LogP contribution in [0.5, 0.6) is 5.75 Å². The van der Waals surface area contributed by atoms with Crippen LogP contribution in [0.15, 0.2) is 35.5 Å². The average Bonchev–Trinajstić information content (AvgIpc) is 3.05. The topological polar surface area (TPSA) is 117 Å². The Hall–Kier alpha value is -3.69. The summed E-state index contributed by atoms with van der Waals surface area (Å²) in [5.74, 6) is -0.687. The molecule has 27 heavy (non-hydrogen) atoms. The Kier molecular flexibility index (Phi) is 4.88. The number of amides is 1. The van der Waals surface area contributed by atoms with E-state index >= 15 is 0 Å². The second-order valence-electron chi connectivity index (χ2n) is 5.63. The predicted molar refractivity (Wildman–Crippen MR) is 95.7 cm³/mol. The van der Waals surface area contributed by atoms with Crippen LogP contribution in [0.2, 0.25) is 0 Å². The summed E-state index contributed by atoms with van der Waals surface area (Å²) in [4.78, 5) is 40.9. The number of methoxy groups -OCH3 is 2. The van der Waals surface area contributed by atoms with Gasteiger partial charge in [-0.25, -0.2) is 9.78 Å². The van der Waals surface area contributed by atoms with Gasteiger partial charge in [0.25, 0.3) is 5.56 Å². The van der Waals surface area contributed by atoms with Crippen molar-refractivity contribution >= 4 is 28.6 Å². The molecule has 1 aromatic carbocycles. The van der Waals surface area contributed by atoms with E-state index in [1.807, 2.05) is 0 Å². The first kappa shape index (κ1) is 18.1. The number of ether oxygens (including phenoxy) is 2. The standard InChI is InChI=1S/C17H17N5O5/c1-21-15-12(7-19-21)16(24)22(9-18-15)8-14(23)20-13-5-4-10(26-2)6-11(13)17(25)27-3/h4-7,9H,8H2,1-3H3,(H,20,23). The Morgan fingerprint density at radius 3 is 2.74 bits per heavy atom. The lowest BCUT2D eigenvalue weighted by molar-refractivity contribution is -0.116. The summed E-state index contributed by atoms with van der Waals surface area (Å²) in [7, 11) is 4.37. The first-order valence-corrected chi connectivity index (χ1v) is 7.88. The maximum absolute atomic E-state index is 12.4. The van der Waals surface area contributed by atoms with Crippen molar-refractivity contribution in [2.24, 2.45) is 7.05 Å². The first-order valence-electron chi connectivity index (χ1n) is 7.88. The van der Waals surface area contributed by atoms with Crippen molar-refractivity contribution in [2.75, 3.05) is 19.5 Å². The zero-order valence-corrected chi connectivity index (χ0v) is 14.9. The summed E-state index contributed by atoms with van der Waals surface area (Å²) in [5.41, 5.74) is 0.431. The highest BCUT2D eigenvalue weighted by atomic mass is 16.5. The molecule has 10 nitrogen and oxygen atoms in total. The fourth-order valence-electron chi connectivity index (χ4n) is 2.56. The number of fused-ring (bicyclic) bond motifs is 1. The highest BCUT2D eigenvalue weighted by molar-refractivity contribution is 6.01. The Bertz CT molecular complexity index is 1080. The van der Waals surface area contributed by atoms with Crippen molar-refractivity contribution in [1.82, 2.24) is 19.3 Å². The molecule has 0 aliphatic heterocycles. The summed E-state index contributed by atoms with van der Waals surface area (Å²) in [6, 6.07) is 4.57. The van der Waals surface area contributed by atoms with Crippen LogP contribution in [0, 0.1) is 0 Å². The van der Waals surface area contributed by atoms with Crippen molar-refractivity contribution < 1.29 is 19.1 Å². The molecular weight excluding hydrogens is 354 g/mol. The van der Waals surface area contributed by atoms with Crippen molar-refractivity contribution in [3.8, 4) is 5.75 Å². The third-order valence-electron chi connectivity index (χ3n) is 3.94. The van der Waals surface area contributed by atoms with Crippen LogP contribution in [-0.4, -0.2) is 45.4 Å². The molecule has 2 aromatic heterocycles. The minimum atomic E-state index is -0.625. The van der Waals surface area contributed by atoms with Gasteiger partial charge in [0.2, 0.25) is 5.91 Å². The number of hydrogen-bond donors (Lipinski definition) is 1. The van der Waals surface area contributed by atoms with Gasteiger partial charge in [-0.15, -0.1) is 0 Å². The quantitative estimate of drug-likeness (QED) is 0.651. The number of carbonyl (C=O) groups excluding carboxylic acids is 2. The van der Waals surface area contributed by atoms with E-state index in [1.165, 1.54) is 48.1 Å². The predicted octanol–water partition coefficient (Wildman–Crippen LogP) is 0.564. The van der Waals surface area contributed by atoms with Gasteiger partial charge in [0.15, 0.2) is 5.65 Å². The average molecular weight is 371 g/mol. The van der Waals surface area contributed by atoms with Crippen LogP contribution in [0.1, 0.15) is 10.4 Å². The van der Waals surface area contributed by atoms with Crippen LogP contribution in [0.3, 0.4) is 0 Å². The van der Waals surface area contributed by atoms with Crippen molar-refractivity contribution in [2.45, 2.75) is 6.54 Å². The number of benzene rings is 1. The van der Waals surface area contributed by atoms with E-state index in [0.29, 0.717) is 16.8 Å². The van der Waals surface area contributed by atoms with Gasteiger partial charge in [-0.2, -0.15) is 5.10 Å². The normalized spacial score (nSPS) is 10.6. The molecule has 0 bridgehead atoms. The van der Waals surface area contributed by atoms with E-state index in [2.05, 4.69) is 15.4 Å². The number of nitrogens with zero attached hydrogens (tertiary/aromatic N) is 4. The van der Waals surface area contributed by atoms with E-state index in [0.717, 1.165) is 0 Å². The molecule has 2 heterocycles. The van der Waals surface area contributed by atoms with Crippen molar-refractivity contribution in [3.63, 3.8) is 0 Å². The van der Waals surface area contributed by atoms with Crippen LogP contribution in [-0.2, 0) is 23.1 Å². The molecule has 140 valence electrons. The highest BCUT2D eigenvalue weighted by Gasteiger charge is 2.16. The number of aromatic nitrogens is 4. The molecule has 0 spiro atoms. The Morgan fingerprint density at radius 2 is 2.04 bits per heavy atom. The molecular formula is C17H17N5O5. The summed E-state index contributed by atoms with van der Waals surface area (Å²) < 4.78 is 12.4. The lowest BCUT2D eigenvalue weighted by Crippen LogP contribution is -2.28. The highest BCUT2D eigenvalue weighted by Crippen LogP contribution is 2.23. The molecule has 3 rings (SSSR count). The van der Waals surface area contributed by atoms with Gasteiger partial charge < -0.3 is 14.8 Å². The number of carbonyl (C=O) groups is 2. The van der Waals surface area contributed by atoms with Crippen molar-refractivity contribution in [3.05, 3.63) is 46.6 Å². The van der Waals surface area contributed by atoms with E-state index in [1.54, 1.807) is 13.1 Å². The Balaban J connectivity index is 1.85. The molecule has 0 atom stereocenters. The number of aryl methyl sites for hydroxylation is 1. The molecule has 0 aliphatic rings. The van der Waals surface area contributed by atoms with Crippen LogP contribution in [0.4, 0.5) is 5.69 Å². The van der Waals surface area contributed by atoms with Gasteiger partial charge in [-0.1, -0.05) is 0 Å². The van der Waals surface area contributed by atoms with Gasteiger partial charge in [0.05, 0.1) is 31.7 Å². The smallest absolute Gasteiger partial charge is 0.340 e. The number of esters is 1. The summed E-state index contributed by atoms with van der Waals surface area (Å²) in [6.07, 6.45) is 2.68. The molecule has 10 heteroatoms. The maximum atomic E-state index is 12.4. The molecule has 1 amide bonds. The minimum Gasteiger partial charge on any atom is -0.497 e. The van der Waals surface area contributed by atoms with Gasteiger partial charge in [-0.3, -0.25) is 18.8 Å². The number of anilines is 1. The molecule has 0 saturated heterocycles. The summed E-state index contributed by atoms with van der Waals surface area (Å²) in [5, 5.41) is 6.89. The fraction of sp³-hybridized carbons (Fsp3) is 0.235. The Morgan fingerprint density at radius 1 is 1.26 bits per heavy atom. The van der Waals surface area contributed by atoms with E-state index in [-0.39, 0.29) is 23.4 Å². The number of hydrogen-bond acceptors (Lipinski definition) is 7. The molecule has 3 aromatic rings. The zero-order chi connectivity index (χ0) is 19.6. The van der Waals surface area contributed by atoms with Crippen molar-refractivity contribution in [1.29, 1.82) is 0 Å². The third kappa shape index (κ3) is 3.50. The number of rotatable bonds is 5. The van der Waals surface area contributed by atoms with Crippen LogP contribution >= 0.6 is 0 Å². The monoisotopic (exact) mass is 371 g/mol. The molecule has 0 aliphatic carbocycles. The molecule has 0 saturated carbocycles. The molecule has 0 radical (unpaired) electrons.